The topological polar surface area (TPSA) is 84.2 Å². The van der Waals surface area contributed by atoms with E-state index in [0.29, 0.717) is 0 Å². The maximum atomic E-state index is 11.6. The van der Waals surface area contributed by atoms with E-state index in [1.807, 2.05) is 0 Å². The summed E-state index contributed by atoms with van der Waals surface area (Å²) in [6, 6.07) is 7.14. The highest BCUT2D eigenvalue weighted by Crippen LogP contribution is 2.12. The number of hydrogen-bond donors (Lipinski definition) is 3. The van der Waals surface area contributed by atoms with Crippen LogP contribution in [-0.4, -0.2) is 24.9 Å². The maximum absolute atomic E-state index is 11.6. The van der Waals surface area contributed by atoms with Gasteiger partial charge in [-0.25, -0.2) is 0 Å². The van der Waals surface area contributed by atoms with Crippen LogP contribution in [0.25, 0.3) is 0 Å². The number of rotatable bonds is 4. The lowest BCUT2D eigenvalue weighted by Crippen LogP contribution is -2.48. The summed E-state index contributed by atoms with van der Waals surface area (Å²) in [6.45, 7) is 1.48. The van der Waals surface area contributed by atoms with E-state index in [1.54, 1.807) is 24.3 Å². The van der Waals surface area contributed by atoms with Gasteiger partial charge in [0.1, 0.15) is 0 Å². The van der Waals surface area contributed by atoms with E-state index in [-0.39, 0.29) is 24.2 Å². The van der Waals surface area contributed by atoms with Crippen LogP contribution in [0.1, 0.15) is 5.56 Å². The van der Waals surface area contributed by atoms with Crippen LogP contribution in [-0.2, 0) is 16.0 Å². The molecule has 0 radical (unpaired) electrons. The Morgan fingerprint density at radius 1 is 1.29 bits per heavy atom. The minimum Gasteiger partial charge on any atom is -0.369 e. The van der Waals surface area contributed by atoms with Crippen molar-refractivity contribution in [3.63, 3.8) is 0 Å². The van der Waals surface area contributed by atoms with Crippen molar-refractivity contribution in [2.45, 2.75) is 6.42 Å². The van der Waals surface area contributed by atoms with E-state index < -0.39 is 0 Å². The zero-order valence-electron chi connectivity index (χ0n) is 9.40. The molecule has 1 aliphatic rings. The summed E-state index contributed by atoms with van der Waals surface area (Å²) < 4.78 is 0. The van der Waals surface area contributed by atoms with Gasteiger partial charge in [-0.1, -0.05) is 12.1 Å². The van der Waals surface area contributed by atoms with Crippen molar-refractivity contribution in [3.8, 4) is 0 Å². The van der Waals surface area contributed by atoms with E-state index in [1.165, 1.54) is 0 Å². The van der Waals surface area contributed by atoms with Crippen molar-refractivity contribution in [2.24, 2.45) is 11.7 Å². The smallest absolute Gasteiger partial charge is 0.230 e. The Morgan fingerprint density at radius 2 is 1.94 bits per heavy atom. The molecule has 1 aromatic carbocycles. The zero-order valence-corrected chi connectivity index (χ0v) is 9.40. The lowest BCUT2D eigenvalue weighted by molar-refractivity contribution is -0.121. The van der Waals surface area contributed by atoms with Crippen LogP contribution < -0.4 is 16.4 Å². The molecule has 5 heteroatoms. The third-order valence-corrected chi connectivity index (χ3v) is 2.75. The van der Waals surface area contributed by atoms with E-state index in [9.17, 15) is 9.59 Å². The van der Waals surface area contributed by atoms with E-state index in [4.69, 9.17) is 5.73 Å². The van der Waals surface area contributed by atoms with Crippen molar-refractivity contribution in [1.82, 2.24) is 5.32 Å². The maximum Gasteiger partial charge on any atom is 0.230 e. The summed E-state index contributed by atoms with van der Waals surface area (Å²) in [6.07, 6.45) is 0.223. The Kier molecular flexibility index (Phi) is 3.39. The van der Waals surface area contributed by atoms with E-state index in [2.05, 4.69) is 10.6 Å². The number of nitrogens with two attached hydrogens (primary N) is 1. The van der Waals surface area contributed by atoms with Gasteiger partial charge < -0.3 is 16.4 Å². The minimum absolute atomic E-state index is 0.0337. The lowest BCUT2D eigenvalue weighted by atomic mass is 10.0. The van der Waals surface area contributed by atoms with Gasteiger partial charge >= 0.3 is 0 Å². The highest BCUT2D eigenvalue weighted by atomic mass is 16.2. The Balaban J connectivity index is 1.93. The fourth-order valence-corrected chi connectivity index (χ4v) is 1.63. The first kappa shape index (κ1) is 11.6. The van der Waals surface area contributed by atoms with E-state index in [0.717, 1.165) is 24.3 Å². The van der Waals surface area contributed by atoms with Gasteiger partial charge in [0.05, 0.1) is 12.3 Å². The molecule has 1 aliphatic heterocycles. The second-order valence-electron chi connectivity index (χ2n) is 4.18. The molecule has 0 aliphatic carbocycles. The van der Waals surface area contributed by atoms with Crippen molar-refractivity contribution < 1.29 is 9.59 Å². The molecule has 2 rings (SSSR count). The predicted molar refractivity (Wildman–Crippen MR) is 64.3 cm³/mol. The van der Waals surface area contributed by atoms with Crippen LogP contribution in [0.4, 0.5) is 5.69 Å². The molecule has 1 heterocycles. The molecule has 4 N–H and O–H groups in total. The molecule has 90 valence electrons. The molecule has 1 aromatic rings. The highest BCUT2D eigenvalue weighted by Gasteiger charge is 2.24. The van der Waals surface area contributed by atoms with Gasteiger partial charge in [-0.3, -0.25) is 9.59 Å². The Hall–Kier alpha value is -1.88. The number of amides is 2. The number of benzene rings is 1. The molecule has 0 unspecified atom stereocenters. The molecule has 1 saturated heterocycles. The zero-order chi connectivity index (χ0) is 12.3. The average molecular weight is 233 g/mol. The minimum atomic E-state index is -0.359. The molecule has 2 amide bonds. The molecular formula is C12H15N3O2. The number of hydrogen-bond acceptors (Lipinski definition) is 3. The van der Waals surface area contributed by atoms with Gasteiger partial charge in [-0.15, -0.1) is 0 Å². The predicted octanol–water partition coefficient (Wildman–Crippen LogP) is -0.128. The number of nitrogens with one attached hydrogen (secondary N) is 2. The SMILES string of the molecule is NC(=O)Cc1ccc(NC(=O)C2CNC2)cc1. The number of primary amides is 1. The standard InChI is InChI=1S/C12H15N3O2/c13-11(16)5-8-1-3-10(4-2-8)15-12(17)9-6-14-7-9/h1-4,9,14H,5-7H2,(H2,13,16)(H,15,17). The summed E-state index contributed by atoms with van der Waals surface area (Å²) in [5.41, 5.74) is 6.69. The first-order chi connectivity index (χ1) is 8.15. The molecule has 5 nitrogen and oxygen atoms in total. The Morgan fingerprint density at radius 3 is 2.41 bits per heavy atom. The van der Waals surface area contributed by atoms with Gasteiger partial charge in [0.15, 0.2) is 0 Å². The molecule has 0 spiro atoms. The van der Waals surface area contributed by atoms with Crippen LogP contribution in [0.15, 0.2) is 24.3 Å². The van der Waals surface area contributed by atoms with Crippen molar-refractivity contribution in [3.05, 3.63) is 29.8 Å². The molecule has 0 atom stereocenters. The average Bonchev–Trinajstić information content (AvgIpc) is 2.17. The second-order valence-corrected chi connectivity index (χ2v) is 4.18. The quantitative estimate of drug-likeness (QED) is 0.677. The number of anilines is 1. The molecular weight excluding hydrogens is 218 g/mol. The highest BCUT2D eigenvalue weighted by molar-refractivity contribution is 5.93. The lowest BCUT2D eigenvalue weighted by Gasteiger charge is -2.25. The summed E-state index contributed by atoms with van der Waals surface area (Å²) in [4.78, 5) is 22.3. The van der Waals surface area contributed by atoms with E-state index >= 15 is 0 Å². The van der Waals surface area contributed by atoms with Gasteiger partial charge in [-0.05, 0) is 17.7 Å². The third kappa shape index (κ3) is 3.04. The van der Waals surface area contributed by atoms with Gasteiger partial charge in [0.25, 0.3) is 0 Å². The largest absolute Gasteiger partial charge is 0.369 e. The van der Waals surface area contributed by atoms with Gasteiger partial charge in [0, 0.05) is 18.8 Å². The van der Waals surface area contributed by atoms with Crippen molar-refractivity contribution >= 4 is 17.5 Å². The molecule has 17 heavy (non-hydrogen) atoms. The molecule has 0 bridgehead atoms. The molecule has 1 fully saturated rings. The molecule has 0 aromatic heterocycles. The van der Waals surface area contributed by atoms with Crippen molar-refractivity contribution in [2.75, 3.05) is 18.4 Å². The third-order valence-electron chi connectivity index (χ3n) is 2.75. The van der Waals surface area contributed by atoms with Crippen molar-refractivity contribution in [1.29, 1.82) is 0 Å². The van der Waals surface area contributed by atoms with Crippen LogP contribution >= 0.6 is 0 Å². The summed E-state index contributed by atoms with van der Waals surface area (Å²) in [7, 11) is 0. The first-order valence-corrected chi connectivity index (χ1v) is 5.54. The first-order valence-electron chi connectivity index (χ1n) is 5.54. The fourth-order valence-electron chi connectivity index (χ4n) is 1.63. The number of carbonyl (C=O) groups excluding carboxylic acids is 2. The van der Waals surface area contributed by atoms with Crippen LogP contribution in [0.2, 0.25) is 0 Å². The summed E-state index contributed by atoms with van der Waals surface area (Å²) in [5, 5.41) is 5.88. The van der Waals surface area contributed by atoms with Crippen LogP contribution in [0.3, 0.4) is 0 Å². The number of carbonyl (C=O) groups is 2. The Labute approximate surface area is 99.4 Å². The normalized spacial score (nSPS) is 15.1. The summed E-state index contributed by atoms with van der Waals surface area (Å²) >= 11 is 0. The van der Waals surface area contributed by atoms with Crippen LogP contribution in [0.5, 0.6) is 0 Å². The van der Waals surface area contributed by atoms with Crippen LogP contribution in [0, 0.1) is 5.92 Å². The summed E-state index contributed by atoms with van der Waals surface area (Å²) in [5.74, 6) is -0.256. The molecule has 0 saturated carbocycles. The van der Waals surface area contributed by atoms with Gasteiger partial charge in [0.2, 0.25) is 11.8 Å². The second kappa shape index (κ2) is 4.97. The monoisotopic (exact) mass is 233 g/mol. The van der Waals surface area contributed by atoms with Gasteiger partial charge in [-0.2, -0.15) is 0 Å². The fraction of sp³-hybridized carbons (Fsp3) is 0.333. The Bertz CT molecular complexity index is 424.